The number of nitriles is 1. The largest absolute Gasteiger partial charge is 0.383 e. The van der Waals surface area contributed by atoms with Gasteiger partial charge in [0.15, 0.2) is 0 Å². The zero-order valence-electron chi connectivity index (χ0n) is 13.4. The topological polar surface area (TPSA) is 63.7 Å². The van der Waals surface area contributed by atoms with E-state index >= 15 is 0 Å². The van der Waals surface area contributed by atoms with Crippen molar-refractivity contribution in [2.75, 3.05) is 13.7 Å². The van der Waals surface area contributed by atoms with Crippen LogP contribution in [0.2, 0.25) is 5.02 Å². The summed E-state index contributed by atoms with van der Waals surface area (Å²) in [5.41, 5.74) is 2.89. The van der Waals surface area contributed by atoms with E-state index in [0.717, 1.165) is 0 Å². The Hall–Kier alpha value is -2.75. The third kappa shape index (κ3) is 3.53. The summed E-state index contributed by atoms with van der Waals surface area (Å²) >= 11 is 5.80. The lowest BCUT2D eigenvalue weighted by Crippen LogP contribution is -2.05. The molecule has 3 aromatic rings. The molecule has 0 radical (unpaired) electrons. The normalized spacial score (nSPS) is 10.6. The number of pyridine rings is 1. The molecule has 1 aromatic carbocycles. The fourth-order valence-corrected chi connectivity index (χ4v) is 2.62. The highest BCUT2D eigenvalue weighted by Gasteiger charge is 2.17. The summed E-state index contributed by atoms with van der Waals surface area (Å²) in [5, 5.41) is 9.15. The second-order valence-electron chi connectivity index (χ2n) is 5.30. The Morgan fingerprint density at radius 1 is 1.28 bits per heavy atom. The molecule has 25 heavy (non-hydrogen) atoms. The molecule has 5 nitrogen and oxygen atoms in total. The molecule has 126 valence electrons. The summed E-state index contributed by atoms with van der Waals surface area (Å²) in [6.07, 6.45) is 3.20. The number of rotatable bonds is 5. The molecular formula is C18H14ClFN4O. The van der Waals surface area contributed by atoms with Gasteiger partial charge in [-0.15, -0.1) is 0 Å². The van der Waals surface area contributed by atoms with E-state index in [-0.39, 0.29) is 5.02 Å². The van der Waals surface area contributed by atoms with Crippen molar-refractivity contribution in [2.45, 2.75) is 6.54 Å². The average Bonchev–Trinajstić information content (AvgIpc) is 3.06. The van der Waals surface area contributed by atoms with Crippen LogP contribution in [0.25, 0.3) is 22.6 Å². The molecule has 0 aliphatic rings. The maximum absolute atomic E-state index is 14.0. The number of methoxy groups -OCH3 is 1. The fourth-order valence-electron chi connectivity index (χ4n) is 2.50. The minimum Gasteiger partial charge on any atom is -0.383 e. The van der Waals surface area contributed by atoms with Crippen molar-refractivity contribution in [3.63, 3.8) is 0 Å². The number of imidazole rings is 1. The van der Waals surface area contributed by atoms with Crippen LogP contribution in [0.1, 0.15) is 5.56 Å². The van der Waals surface area contributed by atoms with E-state index in [0.29, 0.717) is 41.4 Å². The van der Waals surface area contributed by atoms with Gasteiger partial charge in [-0.1, -0.05) is 17.7 Å². The lowest BCUT2D eigenvalue weighted by Gasteiger charge is -2.10. The number of aromatic nitrogens is 3. The summed E-state index contributed by atoms with van der Waals surface area (Å²) in [5.74, 6) is -0.511. The smallest absolute Gasteiger partial charge is 0.142 e. The summed E-state index contributed by atoms with van der Waals surface area (Å²) in [7, 11) is 1.61. The predicted molar refractivity (Wildman–Crippen MR) is 92.5 cm³/mol. The molecule has 7 heteroatoms. The van der Waals surface area contributed by atoms with Crippen LogP contribution < -0.4 is 0 Å². The number of hydrogen-bond acceptors (Lipinski definition) is 4. The Bertz CT molecular complexity index is 948. The number of halogens is 2. The monoisotopic (exact) mass is 356 g/mol. The molecule has 0 bridgehead atoms. The van der Waals surface area contributed by atoms with E-state index in [1.165, 1.54) is 12.1 Å². The quantitative estimate of drug-likeness (QED) is 0.695. The lowest BCUT2D eigenvalue weighted by molar-refractivity contribution is 0.187. The van der Waals surface area contributed by atoms with Gasteiger partial charge < -0.3 is 9.30 Å². The first-order valence-corrected chi connectivity index (χ1v) is 7.88. The van der Waals surface area contributed by atoms with Crippen LogP contribution in [0.15, 0.2) is 42.9 Å². The van der Waals surface area contributed by atoms with E-state index < -0.39 is 5.82 Å². The van der Waals surface area contributed by atoms with Gasteiger partial charge in [-0.25, -0.2) is 9.37 Å². The van der Waals surface area contributed by atoms with Crippen molar-refractivity contribution in [1.29, 1.82) is 5.26 Å². The molecule has 3 rings (SSSR count). The number of hydrogen-bond donors (Lipinski definition) is 0. The van der Waals surface area contributed by atoms with Crippen LogP contribution in [0.5, 0.6) is 0 Å². The average molecular weight is 357 g/mol. The SMILES string of the molecule is COCCn1cnc(-c2cc(C#N)ccn2)c1-c1ccc(Cl)c(F)c1. The summed E-state index contributed by atoms with van der Waals surface area (Å²) in [6.45, 7) is 1.02. The molecule has 0 saturated carbocycles. The van der Waals surface area contributed by atoms with Crippen molar-refractivity contribution in [3.05, 3.63) is 59.3 Å². The van der Waals surface area contributed by atoms with Crippen LogP contribution in [0.3, 0.4) is 0 Å². The highest BCUT2D eigenvalue weighted by Crippen LogP contribution is 2.32. The standard InChI is InChI=1S/C18H14ClFN4O/c1-25-7-6-24-11-23-17(16-8-12(10-21)4-5-22-16)18(24)13-2-3-14(19)15(20)9-13/h2-5,8-9,11H,6-7H2,1H3. The van der Waals surface area contributed by atoms with E-state index in [1.54, 1.807) is 37.8 Å². The lowest BCUT2D eigenvalue weighted by atomic mass is 10.1. The van der Waals surface area contributed by atoms with Crippen molar-refractivity contribution in [2.24, 2.45) is 0 Å². The zero-order valence-corrected chi connectivity index (χ0v) is 14.2. The van der Waals surface area contributed by atoms with E-state index in [9.17, 15) is 4.39 Å². The van der Waals surface area contributed by atoms with Gasteiger partial charge in [0.2, 0.25) is 0 Å². The Labute approximate surface area is 149 Å². The Morgan fingerprint density at radius 2 is 2.12 bits per heavy atom. The van der Waals surface area contributed by atoms with Crippen LogP contribution in [-0.2, 0) is 11.3 Å². The Morgan fingerprint density at radius 3 is 2.84 bits per heavy atom. The maximum atomic E-state index is 14.0. The van der Waals surface area contributed by atoms with Crippen molar-refractivity contribution in [3.8, 4) is 28.7 Å². The highest BCUT2D eigenvalue weighted by molar-refractivity contribution is 6.30. The van der Waals surface area contributed by atoms with Gasteiger partial charge in [-0.05, 0) is 24.3 Å². The van der Waals surface area contributed by atoms with Gasteiger partial charge in [0.25, 0.3) is 0 Å². The predicted octanol–water partition coefficient (Wildman–Crippen LogP) is 3.92. The summed E-state index contributed by atoms with van der Waals surface area (Å²) in [4.78, 5) is 8.72. The molecule has 0 aliphatic carbocycles. The molecular weight excluding hydrogens is 343 g/mol. The second-order valence-corrected chi connectivity index (χ2v) is 5.71. The van der Waals surface area contributed by atoms with Gasteiger partial charge in [0.05, 0.1) is 41.0 Å². The first-order chi connectivity index (χ1) is 12.1. The third-order valence-corrected chi connectivity index (χ3v) is 4.01. The van der Waals surface area contributed by atoms with Crippen molar-refractivity contribution < 1.29 is 9.13 Å². The molecule has 0 N–H and O–H groups in total. The Balaban J connectivity index is 2.17. The summed E-state index contributed by atoms with van der Waals surface area (Å²) < 4.78 is 21.0. The molecule has 2 aromatic heterocycles. The summed E-state index contributed by atoms with van der Waals surface area (Å²) in [6, 6.07) is 9.94. The molecule has 0 fully saturated rings. The second kappa shape index (κ2) is 7.43. The molecule has 0 unspecified atom stereocenters. The van der Waals surface area contributed by atoms with Gasteiger partial charge in [0, 0.05) is 25.4 Å². The highest BCUT2D eigenvalue weighted by atomic mass is 35.5. The van der Waals surface area contributed by atoms with Gasteiger partial charge in [-0.3, -0.25) is 4.98 Å². The van der Waals surface area contributed by atoms with Gasteiger partial charge in [0.1, 0.15) is 11.5 Å². The van der Waals surface area contributed by atoms with E-state index in [1.807, 2.05) is 4.57 Å². The molecule has 0 aliphatic heterocycles. The van der Waals surface area contributed by atoms with Crippen LogP contribution in [-0.4, -0.2) is 28.3 Å². The van der Waals surface area contributed by atoms with E-state index in [2.05, 4.69) is 16.0 Å². The van der Waals surface area contributed by atoms with Crippen LogP contribution >= 0.6 is 11.6 Å². The van der Waals surface area contributed by atoms with E-state index in [4.69, 9.17) is 21.6 Å². The fraction of sp³-hybridized carbons (Fsp3) is 0.167. The number of benzene rings is 1. The molecule has 0 amide bonds. The molecule has 2 heterocycles. The number of ether oxygens (including phenoxy) is 1. The van der Waals surface area contributed by atoms with Crippen molar-refractivity contribution >= 4 is 11.6 Å². The Kier molecular flexibility index (Phi) is 5.08. The first kappa shape index (κ1) is 17.1. The van der Waals surface area contributed by atoms with Crippen LogP contribution in [0, 0.1) is 17.1 Å². The maximum Gasteiger partial charge on any atom is 0.142 e. The third-order valence-electron chi connectivity index (χ3n) is 3.70. The van der Waals surface area contributed by atoms with Gasteiger partial charge >= 0.3 is 0 Å². The zero-order chi connectivity index (χ0) is 17.8. The molecule has 0 spiro atoms. The molecule has 0 saturated heterocycles. The minimum atomic E-state index is -0.511. The number of nitrogens with zero attached hydrogens (tertiary/aromatic N) is 4. The van der Waals surface area contributed by atoms with Crippen LogP contribution in [0.4, 0.5) is 4.39 Å². The minimum absolute atomic E-state index is 0.0536. The first-order valence-electron chi connectivity index (χ1n) is 7.50. The molecule has 0 atom stereocenters. The van der Waals surface area contributed by atoms with Gasteiger partial charge in [-0.2, -0.15) is 5.26 Å². The van der Waals surface area contributed by atoms with Crippen molar-refractivity contribution in [1.82, 2.24) is 14.5 Å².